The van der Waals surface area contributed by atoms with Gasteiger partial charge in [-0.1, -0.05) is 13.3 Å². The van der Waals surface area contributed by atoms with Crippen LogP contribution in [-0.4, -0.2) is 25.7 Å². The van der Waals surface area contributed by atoms with Crippen LogP contribution in [-0.2, 0) is 6.42 Å². The quantitative estimate of drug-likeness (QED) is 0.775. The molecule has 0 unspecified atom stereocenters. The van der Waals surface area contributed by atoms with Gasteiger partial charge in [-0.05, 0) is 62.1 Å². The van der Waals surface area contributed by atoms with E-state index in [1.807, 2.05) is 27.7 Å². The van der Waals surface area contributed by atoms with Crippen molar-refractivity contribution < 1.29 is 14.3 Å². The summed E-state index contributed by atoms with van der Waals surface area (Å²) in [6, 6.07) is 4.51. The highest BCUT2D eigenvalue weighted by Crippen LogP contribution is 2.34. The van der Waals surface area contributed by atoms with E-state index in [2.05, 4.69) is 10.1 Å². The second-order valence-corrected chi connectivity index (χ2v) is 6.30. The van der Waals surface area contributed by atoms with Crippen molar-refractivity contribution in [1.29, 1.82) is 0 Å². The summed E-state index contributed by atoms with van der Waals surface area (Å²) in [6.07, 6.45) is 1.56. The maximum Gasteiger partial charge on any atom is 0.354 e. The predicted molar refractivity (Wildman–Crippen MR) is 93.5 cm³/mol. The number of halogens is 1. The van der Waals surface area contributed by atoms with Crippen LogP contribution in [0.1, 0.15) is 46.3 Å². The Bertz CT molecular complexity index is 969. The Hall–Kier alpha value is -2.76. The molecule has 0 radical (unpaired) electrons. The first-order chi connectivity index (χ1) is 11.8. The number of rotatable bonds is 4. The highest BCUT2D eigenvalue weighted by atomic mass is 19.1. The number of aryl methyl sites for hydroxylation is 4. The van der Waals surface area contributed by atoms with Gasteiger partial charge >= 0.3 is 5.97 Å². The van der Waals surface area contributed by atoms with Crippen LogP contribution >= 0.6 is 0 Å². The van der Waals surface area contributed by atoms with Crippen molar-refractivity contribution in [3.8, 4) is 11.1 Å². The Balaban J connectivity index is 2.40. The number of carboxylic acids is 1. The van der Waals surface area contributed by atoms with Crippen molar-refractivity contribution in [3.63, 3.8) is 0 Å². The smallest absolute Gasteiger partial charge is 0.354 e. The van der Waals surface area contributed by atoms with E-state index in [1.165, 1.54) is 12.1 Å². The molecule has 2 heterocycles. The van der Waals surface area contributed by atoms with E-state index in [4.69, 9.17) is 0 Å². The molecule has 0 saturated heterocycles. The molecule has 6 heteroatoms. The van der Waals surface area contributed by atoms with Crippen LogP contribution in [0.2, 0.25) is 0 Å². The highest BCUT2D eigenvalue weighted by molar-refractivity contribution is 5.89. The molecule has 0 spiro atoms. The molecule has 0 saturated carbocycles. The van der Waals surface area contributed by atoms with Gasteiger partial charge in [0.25, 0.3) is 0 Å². The maximum atomic E-state index is 13.7. The van der Waals surface area contributed by atoms with Crippen molar-refractivity contribution in [3.05, 3.63) is 52.2 Å². The Morgan fingerprint density at radius 1 is 1.16 bits per heavy atom. The molecule has 25 heavy (non-hydrogen) atoms. The standard InChI is InChI=1S/C19H20FN3O2/c1-5-6-14-9-15(19(24)25)21-18-17(12(4)22-23(14)18)16-10(2)7-13(20)8-11(16)3/h7-9H,5-6H2,1-4H3,(H,24,25). The predicted octanol–water partition coefficient (Wildman–Crippen LogP) is 4.11. The third-order valence-corrected chi connectivity index (χ3v) is 4.31. The topological polar surface area (TPSA) is 67.5 Å². The average molecular weight is 341 g/mol. The van der Waals surface area contributed by atoms with Gasteiger partial charge in [0.05, 0.1) is 11.3 Å². The molecule has 0 aliphatic rings. The lowest BCUT2D eigenvalue weighted by Gasteiger charge is -2.11. The van der Waals surface area contributed by atoms with Crippen LogP contribution in [0.5, 0.6) is 0 Å². The molecular formula is C19H20FN3O2. The van der Waals surface area contributed by atoms with E-state index >= 15 is 0 Å². The van der Waals surface area contributed by atoms with Gasteiger partial charge in [-0.2, -0.15) is 5.10 Å². The van der Waals surface area contributed by atoms with Crippen molar-refractivity contribution in [1.82, 2.24) is 14.6 Å². The van der Waals surface area contributed by atoms with Crippen molar-refractivity contribution in [2.75, 3.05) is 0 Å². The molecule has 0 aliphatic carbocycles. The molecule has 0 amide bonds. The molecule has 1 aromatic carbocycles. The minimum atomic E-state index is -1.07. The lowest BCUT2D eigenvalue weighted by Crippen LogP contribution is -2.08. The average Bonchev–Trinajstić information content (AvgIpc) is 2.83. The third-order valence-electron chi connectivity index (χ3n) is 4.31. The van der Waals surface area contributed by atoms with Crippen LogP contribution in [0, 0.1) is 26.6 Å². The van der Waals surface area contributed by atoms with Gasteiger partial charge in [0.15, 0.2) is 11.3 Å². The SMILES string of the molecule is CCCc1cc(C(=O)O)nc2c(-c3c(C)cc(F)cc3C)c(C)nn12. The number of fused-ring (bicyclic) bond motifs is 1. The van der Waals surface area contributed by atoms with E-state index in [9.17, 15) is 14.3 Å². The second-order valence-electron chi connectivity index (χ2n) is 6.30. The minimum Gasteiger partial charge on any atom is -0.477 e. The molecule has 0 aliphatic heterocycles. The summed E-state index contributed by atoms with van der Waals surface area (Å²) in [5, 5.41) is 14.0. The van der Waals surface area contributed by atoms with E-state index in [1.54, 1.807) is 10.6 Å². The molecule has 1 N–H and O–H groups in total. The third kappa shape index (κ3) is 2.88. The molecule has 3 rings (SSSR count). The Labute approximate surface area is 145 Å². The Kier molecular flexibility index (Phi) is 4.29. The van der Waals surface area contributed by atoms with Crippen molar-refractivity contribution in [2.24, 2.45) is 0 Å². The fourth-order valence-electron chi connectivity index (χ4n) is 3.33. The first kappa shape index (κ1) is 17.1. The van der Waals surface area contributed by atoms with Gasteiger partial charge in [0.2, 0.25) is 0 Å². The van der Waals surface area contributed by atoms with E-state index in [0.29, 0.717) is 12.1 Å². The molecular weight excluding hydrogens is 321 g/mol. The second kappa shape index (κ2) is 6.27. The maximum absolute atomic E-state index is 13.7. The van der Waals surface area contributed by atoms with Crippen molar-refractivity contribution >= 4 is 11.6 Å². The van der Waals surface area contributed by atoms with Crippen LogP contribution in [0.4, 0.5) is 4.39 Å². The summed E-state index contributed by atoms with van der Waals surface area (Å²) in [6.45, 7) is 7.56. The van der Waals surface area contributed by atoms with Crippen LogP contribution in [0.3, 0.4) is 0 Å². The Morgan fingerprint density at radius 3 is 2.36 bits per heavy atom. The molecule has 0 fully saturated rings. The van der Waals surface area contributed by atoms with Gasteiger partial charge in [0.1, 0.15) is 5.82 Å². The fourth-order valence-corrected chi connectivity index (χ4v) is 3.33. The summed E-state index contributed by atoms with van der Waals surface area (Å²) in [5.41, 5.74) is 5.20. The monoisotopic (exact) mass is 341 g/mol. The zero-order valence-electron chi connectivity index (χ0n) is 14.7. The normalized spacial score (nSPS) is 11.2. The zero-order chi connectivity index (χ0) is 18.3. The van der Waals surface area contributed by atoms with Gasteiger partial charge < -0.3 is 5.11 Å². The molecule has 2 aromatic heterocycles. The fraction of sp³-hybridized carbons (Fsp3) is 0.316. The van der Waals surface area contributed by atoms with Crippen LogP contribution < -0.4 is 0 Å². The number of hydrogen-bond donors (Lipinski definition) is 1. The van der Waals surface area contributed by atoms with Crippen LogP contribution in [0.15, 0.2) is 18.2 Å². The molecule has 3 aromatic rings. The summed E-state index contributed by atoms with van der Waals surface area (Å²) < 4.78 is 15.4. The van der Waals surface area contributed by atoms with Gasteiger partial charge in [-0.3, -0.25) is 0 Å². The first-order valence-electron chi connectivity index (χ1n) is 8.23. The van der Waals surface area contributed by atoms with Gasteiger partial charge in [0, 0.05) is 5.69 Å². The van der Waals surface area contributed by atoms with E-state index < -0.39 is 5.97 Å². The summed E-state index contributed by atoms with van der Waals surface area (Å²) in [7, 11) is 0. The molecule has 5 nitrogen and oxygen atoms in total. The van der Waals surface area contributed by atoms with Gasteiger partial charge in [-0.15, -0.1) is 0 Å². The number of benzene rings is 1. The number of aromatic nitrogens is 3. The molecule has 0 bridgehead atoms. The summed E-state index contributed by atoms with van der Waals surface area (Å²) in [5.74, 6) is -1.36. The number of nitrogens with zero attached hydrogens (tertiary/aromatic N) is 3. The zero-order valence-corrected chi connectivity index (χ0v) is 14.7. The van der Waals surface area contributed by atoms with Crippen molar-refractivity contribution in [2.45, 2.75) is 40.5 Å². The molecule has 130 valence electrons. The minimum absolute atomic E-state index is 0.00508. The number of aromatic carboxylic acids is 1. The first-order valence-corrected chi connectivity index (χ1v) is 8.23. The summed E-state index contributed by atoms with van der Waals surface area (Å²) in [4.78, 5) is 15.8. The molecule has 0 atom stereocenters. The van der Waals surface area contributed by atoms with E-state index in [-0.39, 0.29) is 11.5 Å². The summed E-state index contributed by atoms with van der Waals surface area (Å²) >= 11 is 0. The Morgan fingerprint density at radius 2 is 1.80 bits per heavy atom. The van der Waals surface area contributed by atoms with E-state index in [0.717, 1.165) is 40.1 Å². The lowest BCUT2D eigenvalue weighted by molar-refractivity contribution is 0.0690. The van der Waals surface area contributed by atoms with Crippen LogP contribution in [0.25, 0.3) is 16.8 Å². The number of carbonyl (C=O) groups is 1. The largest absolute Gasteiger partial charge is 0.477 e. The van der Waals surface area contributed by atoms with Gasteiger partial charge in [-0.25, -0.2) is 18.7 Å². The number of hydrogen-bond acceptors (Lipinski definition) is 3. The highest BCUT2D eigenvalue weighted by Gasteiger charge is 2.21. The number of carboxylic acid groups (broad SMARTS) is 1. The lowest BCUT2D eigenvalue weighted by atomic mass is 9.95.